The smallest absolute Gasteiger partial charge is 0.253 e. The van der Waals surface area contributed by atoms with Gasteiger partial charge in [0.2, 0.25) is 0 Å². The summed E-state index contributed by atoms with van der Waals surface area (Å²) in [6.45, 7) is 4.21. The largest absolute Gasteiger partial charge is 0.507 e. The fraction of sp³-hybridized carbons (Fsp3) is 0.160. The second-order valence-corrected chi connectivity index (χ2v) is 6.85. The lowest BCUT2D eigenvalue weighted by Crippen LogP contribution is -2.26. The Hall–Kier alpha value is -3.91. The maximum absolute atomic E-state index is 12.9. The minimum atomic E-state index is -0.315. The molecule has 0 atom stereocenters. The molecule has 0 spiro atoms. The Morgan fingerprint density at radius 3 is 2.37 bits per heavy atom. The summed E-state index contributed by atoms with van der Waals surface area (Å²) >= 11 is 0. The lowest BCUT2D eigenvalue weighted by atomic mass is 9.95. The van der Waals surface area contributed by atoms with E-state index in [1.807, 2.05) is 55.5 Å². The van der Waals surface area contributed by atoms with Gasteiger partial charge in [0.25, 0.3) is 5.91 Å². The lowest BCUT2D eigenvalue weighted by Gasteiger charge is -2.15. The normalized spacial score (nSPS) is 11.0. The number of nitriles is 1. The molecule has 0 saturated heterocycles. The minimum Gasteiger partial charge on any atom is -0.507 e. The number of rotatable bonds is 6. The van der Waals surface area contributed by atoms with E-state index in [-0.39, 0.29) is 11.7 Å². The highest BCUT2D eigenvalue weighted by Crippen LogP contribution is 2.29. The van der Waals surface area contributed by atoms with Crippen molar-refractivity contribution in [2.75, 3.05) is 6.54 Å². The fourth-order valence-corrected chi connectivity index (χ4v) is 3.21. The molecule has 1 amide bonds. The number of aliphatic hydroxyl groups is 1. The van der Waals surface area contributed by atoms with Crippen LogP contribution in [0.1, 0.15) is 46.1 Å². The van der Waals surface area contributed by atoms with E-state index in [1.54, 1.807) is 19.1 Å². The van der Waals surface area contributed by atoms with Gasteiger partial charge in [-0.2, -0.15) is 5.26 Å². The van der Waals surface area contributed by atoms with Crippen molar-refractivity contribution in [1.82, 2.24) is 10.3 Å². The van der Waals surface area contributed by atoms with E-state index in [0.29, 0.717) is 40.2 Å². The van der Waals surface area contributed by atoms with Crippen LogP contribution in [0, 0.1) is 18.3 Å². The summed E-state index contributed by atoms with van der Waals surface area (Å²) in [6.07, 6.45) is 2.27. The van der Waals surface area contributed by atoms with Gasteiger partial charge >= 0.3 is 0 Å². The first-order valence-electron chi connectivity index (χ1n) is 9.81. The zero-order valence-electron chi connectivity index (χ0n) is 17.0. The second kappa shape index (κ2) is 9.53. The van der Waals surface area contributed by atoms with Crippen molar-refractivity contribution in [2.24, 2.45) is 0 Å². The lowest BCUT2D eigenvalue weighted by molar-refractivity contribution is 0.0952. The van der Waals surface area contributed by atoms with Crippen LogP contribution < -0.4 is 5.32 Å². The molecule has 0 aliphatic rings. The maximum atomic E-state index is 12.9. The SMILES string of the molecule is CCCNC(=O)c1c(/C=C(\O)c2ccccc2)nc(-c2ccccc2)c(C#N)c1C. The highest BCUT2D eigenvalue weighted by Gasteiger charge is 2.22. The van der Waals surface area contributed by atoms with Gasteiger partial charge in [-0.1, -0.05) is 67.6 Å². The van der Waals surface area contributed by atoms with E-state index in [2.05, 4.69) is 16.4 Å². The van der Waals surface area contributed by atoms with Gasteiger partial charge in [0, 0.05) is 23.7 Å². The molecule has 0 fully saturated rings. The number of hydrogen-bond donors (Lipinski definition) is 2. The number of aliphatic hydroxyl groups excluding tert-OH is 1. The molecule has 3 rings (SSSR count). The second-order valence-electron chi connectivity index (χ2n) is 6.85. The van der Waals surface area contributed by atoms with E-state index >= 15 is 0 Å². The van der Waals surface area contributed by atoms with Crippen LogP contribution in [0.4, 0.5) is 0 Å². The summed E-state index contributed by atoms with van der Waals surface area (Å²) < 4.78 is 0. The molecule has 0 aliphatic heterocycles. The number of amides is 1. The van der Waals surface area contributed by atoms with Gasteiger partial charge in [-0.25, -0.2) is 4.98 Å². The average Bonchev–Trinajstić information content (AvgIpc) is 2.78. The topological polar surface area (TPSA) is 86.0 Å². The molecule has 3 aromatic rings. The number of hydrogen-bond acceptors (Lipinski definition) is 4. The molecule has 5 nitrogen and oxygen atoms in total. The molecule has 2 N–H and O–H groups in total. The van der Waals surface area contributed by atoms with Crippen molar-refractivity contribution in [3.63, 3.8) is 0 Å². The minimum absolute atomic E-state index is 0.00393. The van der Waals surface area contributed by atoms with Gasteiger partial charge in [-0.05, 0) is 18.9 Å². The van der Waals surface area contributed by atoms with Crippen LogP contribution in [-0.4, -0.2) is 22.5 Å². The number of benzene rings is 2. The first-order valence-corrected chi connectivity index (χ1v) is 9.81. The summed E-state index contributed by atoms with van der Waals surface area (Å²) in [6, 6.07) is 20.6. The molecule has 150 valence electrons. The van der Waals surface area contributed by atoms with Gasteiger partial charge in [0.05, 0.1) is 22.5 Å². The molecule has 0 unspecified atom stereocenters. The number of aromatic nitrogens is 1. The van der Waals surface area contributed by atoms with Crippen LogP contribution in [0.15, 0.2) is 60.7 Å². The zero-order valence-corrected chi connectivity index (χ0v) is 17.0. The molecular formula is C25H23N3O2. The van der Waals surface area contributed by atoms with Crippen LogP contribution in [0.5, 0.6) is 0 Å². The predicted octanol–water partition coefficient (Wildman–Crippen LogP) is 5.12. The fourth-order valence-electron chi connectivity index (χ4n) is 3.21. The van der Waals surface area contributed by atoms with E-state index < -0.39 is 0 Å². The molecule has 30 heavy (non-hydrogen) atoms. The highest BCUT2D eigenvalue weighted by molar-refractivity contribution is 6.01. The Morgan fingerprint density at radius 1 is 1.13 bits per heavy atom. The monoisotopic (exact) mass is 397 g/mol. The third kappa shape index (κ3) is 4.39. The molecule has 0 aliphatic carbocycles. The van der Waals surface area contributed by atoms with Crippen LogP contribution >= 0.6 is 0 Å². The number of pyridine rings is 1. The highest BCUT2D eigenvalue weighted by atomic mass is 16.3. The third-order valence-electron chi connectivity index (χ3n) is 4.74. The van der Waals surface area contributed by atoms with E-state index in [9.17, 15) is 15.2 Å². The Morgan fingerprint density at radius 2 is 1.77 bits per heavy atom. The standard InChI is InChI=1S/C25H23N3O2/c1-3-14-27-25(30)23-17(2)20(16-26)24(19-12-8-5-9-13-19)28-21(23)15-22(29)18-10-6-4-7-11-18/h4-13,15,29H,3,14H2,1-2H3,(H,27,30)/b22-15-. The first kappa shape index (κ1) is 20.8. The van der Waals surface area contributed by atoms with Gasteiger partial charge in [0.1, 0.15) is 11.8 Å². The quantitative estimate of drug-likeness (QED) is 0.565. The van der Waals surface area contributed by atoms with Crippen LogP contribution in [0.25, 0.3) is 23.1 Å². The van der Waals surface area contributed by atoms with Gasteiger partial charge in [0.15, 0.2) is 0 Å². The van der Waals surface area contributed by atoms with Gasteiger partial charge in [-0.3, -0.25) is 4.79 Å². The molecular weight excluding hydrogens is 374 g/mol. The summed E-state index contributed by atoms with van der Waals surface area (Å²) in [5, 5.41) is 23.3. The van der Waals surface area contributed by atoms with E-state index in [1.165, 1.54) is 6.08 Å². The summed E-state index contributed by atoms with van der Waals surface area (Å²) in [7, 11) is 0. The molecule has 1 aromatic heterocycles. The first-order chi connectivity index (χ1) is 14.6. The van der Waals surface area contributed by atoms with Crippen molar-refractivity contribution >= 4 is 17.7 Å². The molecule has 5 heteroatoms. The van der Waals surface area contributed by atoms with Gasteiger partial charge in [-0.15, -0.1) is 0 Å². The molecule has 0 radical (unpaired) electrons. The van der Waals surface area contributed by atoms with Crippen molar-refractivity contribution < 1.29 is 9.90 Å². The van der Waals surface area contributed by atoms with Crippen LogP contribution in [0.3, 0.4) is 0 Å². The summed E-state index contributed by atoms with van der Waals surface area (Å²) in [5.41, 5.74) is 3.36. The third-order valence-corrected chi connectivity index (χ3v) is 4.74. The zero-order chi connectivity index (χ0) is 21.5. The molecule has 1 heterocycles. The van der Waals surface area contributed by atoms with E-state index in [0.717, 1.165) is 12.0 Å². The summed E-state index contributed by atoms with van der Waals surface area (Å²) in [5.74, 6) is -0.319. The van der Waals surface area contributed by atoms with Crippen LogP contribution in [-0.2, 0) is 0 Å². The predicted molar refractivity (Wildman–Crippen MR) is 119 cm³/mol. The molecule has 0 bridgehead atoms. The van der Waals surface area contributed by atoms with Crippen molar-refractivity contribution in [1.29, 1.82) is 5.26 Å². The number of carbonyl (C=O) groups excluding carboxylic acids is 1. The van der Waals surface area contributed by atoms with Crippen molar-refractivity contribution in [2.45, 2.75) is 20.3 Å². The number of nitrogens with one attached hydrogen (secondary N) is 1. The Labute approximate surface area is 176 Å². The molecule has 2 aromatic carbocycles. The maximum Gasteiger partial charge on any atom is 0.253 e. The average molecular weight is 397 g/mol. The number of nitrogens with zero attached hydrogens (tertiary/aromatic N) is 2. The Balaban J connectivity index is 2.25. The van der Waals surface area contributed by atoms with Crippen molar-refractivity contribution in [3.05, 3.63) is 88.6 Å². The Kier molecular flexibility index (Phi) is 6.61. The van der Waals surface area contributed by atoms with E-state index in [4.69, 9.17) is 0 Å². The molecule has 0 saturated carbocycles. The Bertz CT molecular complexity index is 1110. The van der Waals surface area contributed by atoms with Crippen molar-refractivity contribution in [3.8, 4) is 17.3 Å². The summed E-state index contributed by atoms with van der Waals surface area (Å²) in [4.78, 5) is 17.6. The van der Waals surface area contributed by atoms with Gasteiger partial charge < -0.3 is 10.4 Å². The van der Waals surface area contributed by atoms with Crippen LogP contribution in [0.2, 0.25) is 0 Å². The number of carbonyl (C=O) groups is 1.